The third-order valence-corrected chi connectivity index (χ3v) is 2.35. The lowest BCUT2D eigenvalue weighted by molar-refractivity contribution is -0.147. The average Bonchev–Trinajstić information content (AvgIpc) is 2.47. The number of hydrogen-bond donors (Lipinski definition) is 0. The van der Waals surface area contributed by atoms with Gasteiger partial charge in [0, 0.05) is 19.4 Å². The first kappa shape index (κ1) is 12.2. The number of ether oxygens (including phenoxy) is 2. The van der Waals surface area contributed by atoms with Crippen LogP contribution in [0, 0.1) is 5.92 Å². The minimum absolute atomic E-state index is 0.0343. The van der Waals surface area contributed by atoms with E-state index in [0.717, 1.165) is 6.42 Å². The summed E-state index contributed by atoms with van der Waals surface area (Å²) in [5.74, 6) is -0.472. The number of ketones is 1. The van der Waals surface area contributed by atoms with Crippen molar-refractivity contribution in [2.75, 3.05) is 13.2 Å². The van der Waals surface area contributed by atoms with E-state index in [-0.39, 0.29) is 23.8 Å². The lowest BCUT2D eigenvalue weighted by Crippen LogP contribution is -2.15. The van der Waals surface area contributed by atoms with Gasteiger partial charge >= 0.3 is 5.97 Å². The molecule has 1 fully saturated rings. The van der Waals surface area contributed by atoms with Crippen molar-refractivity contribution in [1.82, 2.24) is 0 Å². The van der Waals surface area contributed by atoms with Gasteiger partial charge in [-0.05, 0) is 13.3 Å². The van der Waals surface area contributed by atoms with E-state index in [1.807, 2.05) is 6.92 Å². The number of esters is 1. The van der Waals surface area contributed by atoms with Crippen molar-refractivity contribution in [3.8, 4) is 0 Å². The smallest absolute Gasteiger partial charge is 0.309 e. The second-order valence-electron chi connectivity index (χ2n) is 3.97. The molecule has 2 unspecified atom stereocenters. The Morgan fingerprint density at radius 1 is 1.60 bits per heavy atom. The Kier molecular flexibility index (Phi) is 4.75. The summed E-state index contributed by atoms with van der Waals surface area (Å²) in [6.07, 6.45) is 1.70. The average molecular weight is 214 g/mol. The minimum atomic E-state index is -0.254. The van der Waals surface area contributed by atoms with Crippen LogP contribution < -0.4 is 0 Å². The fourth-order valence-electron chi connectivity index (χ4n) is 1.70. The van der Waals surface area contributed by atoms with E-state index >= 15 is 0 Å². The molecule has 1 aliphatic heterocycles. The molecule has 0 saturated carbocycles. The van der Waals surface area contributed by atoms with Crippen LogP contribution in [0.2, 0.25) is 0 Å². The predicted molar refractivity (Wildman–Crippen MR) is 54.4 cm³/mol. The summed E-state index contributed by atoms with van der Waals surface area (Å²) in [7, 11) is 0. The highest BCUT2D eigenvalue weighted by atomic mass is 16.6. The maximum Gasteiger partial charge on any atom is 0.309 e. The first-order valence-corrected chi connectivity index (χ1v) is 5.41. The Morgan fingerprint density at radius 2 is 2.33 bits per heavy atom. The minimum Gasteiger partial charge on any atom is -0.460 e. The van der Waals surface area contributed by atoms with E-state index < -0.39 is 0 Å². The van der Waals surface area contributed by atoms with E-state index in [1.54, 1.807) is 0 Å². The monoisotopic (exact) mass is 214 g/mol. The quantitative estimate of drug-likeness (QED) is 0.494. The van der Waals surface area contributed by atoms with Crippen molar-refractivity contribution < 1.29 is 19.1 Å². The maximum atomic E-state index is 11.3. The summed E-state index contributed by atoms with van der Waals surface area (Å²) >= 11 is 0. The number of carbonyl (C=O) groups is 2. The molecule has 86 valence electrons. The van der Waals surface area contributed by atoms with Gasteiger partial charge in [0.15, 0.2) is 0 Å². The van der Waals surface area contributed by atoms with Crippen LogP contribution in [0.25, 0.3) is 0 Å². The van der Waals surface area contributed by atoms with E-state index in [4.69, 9.17) is 9.47 Å². The SMILES string of the molecule is CCCOCC1CC(CC(C)=O)C(=O)O1. The van der Waals surface area contributed by atoms with E-state index in [1.165, 1.54) is 6.92 Å². The van der Waals surface area contributed by atoms with Gasteiger partial charge in [-0.2, -0.15) is 0 Å². The van der Waals surface area contributed by atoms with Crippen molar-refractivity contribution in [3.05, 3.63) is 0 Å². The third kappa shape index (κ3) is 4.00. The topological polar surface area (TPSA) is 52.6 Å². The molecule has 4 nitrogen and oxygen atoms in total. The molecular weight excluding hydrogens is 196 g/mol. The Balaban J connectivity index is 2.28. The van der Waals surface area contributed by atoms with Crippen molar-refractivity contribution in [1.29, 1.82) is 0 Å². The van der Waals surface area contributed by atoms with Gasteiger partial charge in [0.05, 0.1) is 12.5 Å². The molecule has 1 rings (SSSR count). The first-order chi connectivity index (χ1) is 7.13. The number of carbonyl (C=O) groups excluding carboxylic acids is 2. The van der Waals surface area contributed by atoms with Crippen molar-refractivity contribution in [3.63, 3.8) is 0 Å². The zero-order valence-electron chi connectivity index (χ0n) is 9.32. The van der Waals surface area contributed by atoms with Gasteiger partial charge in [-0.25, -0.2) is 0 Å². The van der Waals surface area contributed by atoms with Crippen molar-refractivity contribution in [2.45, 2.75) is 39.2 Å². The molecule has 4 heteroatoms. The number of cyclic esters (lactones) is 1. The van der Waals surface area contributed by atoms with Gasteiger partial charge in [-0.15, -0.1) is 0 Å². The van der Waals surface area contributed by atoms with Crippen LogP contribution in [0.1, 0.15) is 33.1 Å². The molecular formula is C11H18O4. The molecule has 0 aromatic rings. The Hall–Kier alpha value is -0.900. The number of hydrogen-bond acceptors (Lipinski definition) is 4. The summed E-state index contributed by atoms with van der Waals surface area (Å²) in [6.45, 7) is 4.66. The summed E-state index contributed by atoms with van der Waals surface area (Å²) in [5.41, 5.74) is 0. The molecule has 0 bridgehead atoms. The van der Waals surface area contributed by atoms with Crippen LogP contribution in [0.5, 0.6) is 0 Å². The predicted octanol–water partition coefficient (Wildman–Crippen LogP) is 1.32. The molecule has 1 saturated heterocycles. The number of Topliss-reactive ketones (excluding diaryl/α,β-unsaturated/α-hetero) is 1. The van der Waals surface area contributed by atoms with Crippen LogP contribution in [0.4, 0.5) is 0 Å². The van der Waals surface area contributed by atoms with Gasteiger partial charge in [0.1, 0.15) is 11.9 Å². The van der Waals surface area contributed by atoms with Gasteiger partial charge < -0.3 is 14.3 Å². The van der Waals surface area contributed by atoms with Gasteiger partial charge in [0.25, 0.3) is 0 Å². The normalized spacial score (nSPS) is 25.3. The fourth-order valence-corrected chi connectivity index (χ4v) is 1.70. The summed E-state index contributed by atoms with van der Waals surface area (Å²) in [6, 6.07) is 0. The van der Waals surface area contributed by atoms with E-state index in [0.29, 0.717) is 26.1 Å². The molecule has 2 atom stereocenters. The Bertz CT molecular complexity index is 237. The highest BCUT2D eigenvalue weighted by Gasteiger charge is 2.34. The largest absolute Gasteiger partial charge is 0.460 e. The molecule has 0 aliphatic carbocycles. The lowest BCUT2D eigenvalue weighted by Gasteiger charge is -2.08. The molecule has 0 radical (unpaired) electrons. The third-order valence-electron chi connectivity index (χ3n) is 2.35. The van der Waals surface area contributed by atoms with Crippen LogP contribution in [-0.4, -0.2) is 31.1 Å². The van der Waals surface area contributed by atoms with Crippen molar-refractivity contribution >= 4 is 11.8 Å². The molecule has 1 heterocycles. The Labute approximate surface area is 89.9 Å². The Morgan fingerprint density at radius 3 is 2.93 bits per heavy atom. The zero-order chi connectivity index (χ0) is 11.3. The van der Waals surface area contributed by atoms with E-state index in [9.17, 15) is 9.59 Å². The fraction of sp³-hybridized carbons (Fsp3) is 0.818. The van der Waals surface area contributed by atoms with Gasteiger partial charge in [-0.1, -0.05) is 6.92 Å². The van der Waals surface area contributed by atoms with E-state index in [2.05, 4.69) is 0 Å². The molecule has 0 aromatic carbocycles. The molecule has 0 amide bonds. The second kappa shape index (κ2) is 5.85. The molecule has 1 aliphatic rings. The first-order valence-electron chi connectivity index (χ1n) is 5.41. The summed E-state index contributed by atoms with van der Waals surface area (Å²) in [5, 5.41) is 0. The highest BCUT2D eigenvalue weighted by molar-refractivity contribution is 5.83. The second-order valence-corrected chi connectivity index (χ2v) is 3.97. The summed E-state index contributed by atoms with van der Waals surface area (Å²) < 4.78 is 10.4. The standard InChI is InChI=1S/C11H18O4/c1-3-4-14-7-10-6-9(5-8(2)12)11(13)15-10/h9-10H,3-7H2,1-2H3. The van der Waals surface area contributed by atoms with Crippen molar-refractivity contribution in [2.24, 2.45) is 5.92 Å². The summed E-state index contributed by atoms with van der Waals surface area (Å²) in [4.78, 5) is 22.2. The van der Waals surface area contributed by atoms with Crippen LogP contribution in [0.15, 0.2) is 0 Å². The zero-order valence-corrected chi connectivity index (χ0v) is 9.32. The van der Waals surface area contributed by atoms with Crippen LogP contribution >= 0.6 is 0 Å². The van der Waals surface area contributed by atoms with Crippen LogP contribution in [-0.2, 0) is 19.1 Å². The van der Waals surface area contributed by atoms with Gasteiger partial charge in [0.2, 0.25) is 0 Å². The number of rotatable bonds is 6. The molecule has 0 aromatic heterocycles. The maximum absolute atomic E-state index is 11.3. The highest BCUT2D eigenvalue weighted by Crippen LogP contribution is 2.24. The molecule has 0 spiro atoms. The molecule has 15 heavy (non-hydrogen) atoms. The van der Waals surface area contributed by atoms with Gasteiger partial charge in [-0.3, -0.25) is 4.79 Å². The van der Waals surface area contributed by atoms with Crippen LogP contribution in [0.3, 0.4) is 0 Å². The lowest BCUT2D eigenvalue weighted by atomic mass is 9.99. The molecule has 0 N–H and O–H groups in total.